The van der Waals surface area contributed by atoms with E-state index in [-0.39, 0.29) is 24.4 Å². The molecule has 1 aromatic rings. The second-order valence-corrected chi connectivity index (χ2v) is 6.88. The highest BCUT2D eigenvalue weighted by Gasteiger charge is 2.24. The highest BCUT2D eigenvalue weighted by atomic mass is 35.5. The van der Waals surface area contributed by atoms with E-state index in [1.54, 1.807) is 12.1 Å². The van der Waals surface area contributed by atoms with Crippen LogP contribution in [0.25, 0.3) is 0 Å². The van der Waals surface area contributed by atoms with Gasteiger partial charge in [-0.2, -0.15) is 0 Å². The number of carbonyl (C=O) groups is 1. The molecule has 7 heteroatoms. The fourth-order valence-electron chi connectivity index (χ4n) is 2.90. The van der Waals surface area contributed by atoms with Crippen LogP contribution in [0.4, 0.5) is 0 Å². The van der Waals surface area contributed by atoms with Gasteiger partial charge in [-0.1, -0.05) is 31.9 Å². The van der Waals surface area contributed by atoms with Crippen molar-refractivity contribution in [1.82, 2.24) is 10.6 Å². The van der Waals surface area contributed by atoms with Crippen molar-refractivity contribution < 1.29 is 14.3 Å². The van der Waals surface area contributed by atoms with Crippen LogP contribution in [-0.2, 0) is 0 Å². The minimum Gasteiger partial charge on any atom is -0.490 e. The summed E-state index contributed by atoms with van der Waals surface area (Å²) in [5, 5.41) is 6.86. The molecule has 2 rings (SSSR count). The summed E-state index contributed by atoms with van der Waals surface area (Å²) in [6.07, 6.45) is 2.91. The summed E-state index contributed by atoms with van der Waals surface area (Å²) in [5.74, 6) is 1.32. The number of carbonyl (C=O) groups excluding carboxylic acids is 1. The fourth-order valence-corrected chi connectivity index (χ4v) is 3.17. The number of amides is 1. The first-order valence-corrected chi connectivity index (χ1v) is 9.55. The van der Waals surface area contributed by atoms with Crippen LogP contribution >= 0.6 is 24.0 Å². The molecule has 148 valence electrons. The van der Waals surface area contributed by atoms with E-state index < -0.39 is 0 Å². The van der Waals surface area contributed by atoms with Crippen molar-refractivity contribution in [2.24, 2.45) is 5.92 Å². The van der Waals surface area contributed by atoms with Crippen LogP contribution in [-0.4, -0.2) is 38.3 Å². The van der Waals surface area contributed by atoms with E-state index in [1.165, 1.54) is 0 Å². The molecular formula is C19H30Cl2N2O3. The fraction of sp³-hybridized carbons (Fsp3) is 0.632. The normalized spacial score (nSPS) is 19.4. The van der Waals surface area contributed by atoms with Gasteiger partial charge in [0.2, 0.25) is 0 Å². The van der Waals surface area contributed by atoms with Crippen LogP contribution in [0.2, 0.25) is 5.02 Å². The molecule has 0 radical (unpaired) electrons. The van der Waals surface area contributed by atoms with Crippen molar-refractivity contribution in [1.29, 1.82) is 0 Å². The maximum absolute atomic E-state index is 12.7. The first kappa shape index (κ1) is 22.9. The molecule has 0 saturated carbocycles. The molecule has 0 aromatic heterocycles. The number of hydrogen-bond donors (Lipinski definition) is 2. The van der Waals surface area contributed by atoms with Gasteiger partial charge < -0.3 is 20.1 Å². The first-order valence-electron chi connectivity index (χ1n) is 9.17. The Balaban J connectivity index is 0.00000338. The van der Waals surface area contributed by atoms with E-state index in [9.17, 15) is 4.79 Å². The number of rotatable bonds is 8. The summed E-state index contributed by atoms with van der Waals surface area (Å²) >= 11 is 6.37. The SMILES string of the molecule is CCCCOc1c(Cl)cc(C(=O)NC2CCNCC2C)cc1OCC.Cl. The van der Waals surface area contributed by atoms with E-state index in [0.717, 1.165) is 32.4 Å². The Hall–Kier alpha value is -1.17. The second kappa shape index (κ2) is 11.5. The Kier molecular flexibility index (Phi) is 10.1. The lowest BCUT2D eigenvalue weighted by molar-refractivity contribution is 0.0913. The van der Waals surface area contributed by atoms with Crippen LogP contribution in [0.1, 0.15) is 50.4 Å². The van der Waals surface area contributed by atoms with E-state index in [2.05, 4.69) is 24.5 Å². The zero-order valence-electron chi connectivity index (χ0n) is 15.8. The third-order valence-electron chi connectivity index (χ3n) is 4.42. The van der Waals surface area contributed by atoms with Gasteiger partial charge in [0, 0.05) is 11.6 Å². The molecule has 26 heavy (non-hydrogen) atoms. The lowest BCUT2D eigenvalue weighted by Gasteiger charge is -2.30. The zero-order valence-corrected chi connectivity index (χ0v) is 17.3. The molecule has 1 saturated heterocycles. The molecule has 1 heterocycles. The predicted octanol–water partition coefficient (Wildman–Crippen LogP) is 4.07. The highest BCUT2D eigenvalue weighted by Crippen LogP contribution is 2.37. The van der Waals surface area contributed by atoms with Crippen molar-refractivity contribution in [2.75, 3.05) is 26.3 Å². The zero-order chi connectivity index (χ0) is 18.2. The maximum atomic E-state index is 12.7. The molecule has 1 fully saturated rings. The summed E-state index contributed by atoms with van der Waals surface area (Å²) in [7, 11) is 0. The number of ether oxygens (including phenoxy) is 2. The molecule has 1 aliphatic heterocycles. The van der Waals surface area contributed by atoms with Gasteiger partial charge in [-0.05, 0) is 50.9 Å². The second-order valence-electron chi connectivity index (χ2n) is 6.47. The Morgan fingerprint density at radius 2 is 2.12 bits per heavy atom. The van der Waals surface area contributed by atoms with Gasteiger partial charge in [-0.3, -0.25) is 4.79 Å². The molecule has 2 atom stereocenters. The molecule has 2 N–H and O–H groups in total. The number of hydrogen-bond acceptors (Lipinski definition) is 4. The van der Waals surface area contributed by atoms with Crippen LogP contribution in [0.15, 0.2) is 12.1 Å². The highest BCUT2D eigenvalue weighted by molar-refractivity contribution is 6.32. The van der Waals surface area contributed by atoms with Gasteiger partial charge in [0.05, 0.1) is 18.2 Å². The maximum Gasteiger partial charge on any atom is 0.251 e. The van der Waals surface area contributed by atoms with E-state index in [0.29, 0.717) is 41.2 Å². The Bertz CT molecular complexity index is 584. The minimum absolute atomic E-state index is 0. The van der Waals surface area contributed by atoms with Gasteiger partial charge in [0.1, 0.15) is 0 Å². The molecule has 2 unspecified atom stereocenters. The topological polar surface area (TPSA) is 59.6 Å². The molecule has 5 nitrogen and oxygen atoms in total. The lowest BCUT2D eigenvalue weighted by atomic mass is 9.95. The van der Waals surface area contributed by atoms with Crippen molar-refractivity contribution in [3.63, 3.8) is 0 Å². The van der Waals surface area contributed by atoms with E-state index in [1.807, 2.05) is 6.92 Å². The third-order valence-corrected chi connectivity index (χ3v) is 4.70. The monoisotopic (exact) mass is 404 g/mol. The average Bonchev–Trinajstić information content (AvgIpc) is 2.59. The number of halogens is 2. The Morgan fingerprint density at radius 1 is 1.35 bits per heavy atom. The largest absolute Gasteiger partial charge is 0.490 e. The van der Waals surface area contributed by atoms with Crippen molar-refractivity contribution >= 4 is 29.9 Å². The van der Waals surface area contributed by atoms with Crippen LogP contribution in [0, 0.1) is 5.92 Å². The summed E-state index contributed by atoms with van der Waals surface area (Å²) in [4.78, 5) is 12.7. The predicted molar refractivity (Wildman–Crippen MR) is 108 cm³/mol. The van der Waals surface area contributed by atoms with Gasteiger partial charge in [0.15, 0.2) is 11.5 Å². The Morgan fingerprint density at radius 3 is 2.77 bits per heavy atom. The third kappa shape index (κ3) is 6.22. The number of nitrogens with one attached hydrogen (secondary N) is 2. The van der Waals surface area contributed by atoms with Crippen LogP contribution in [0.5, 0.6) is 11.5 Å². The minimum atomic E-state index is -0.123. The molecule has 0 spiro atoms. The number of unbranched alkanes of at least 4 members (excludes halogenated alkanes) is 1. The van der Waals surface area contributed by atoms with Crippen LogP contribution < -0.4 is 20.1 Å². The molecular weight excluding hydrogens is 375 g/mol. The number of piperidine rings is 1. The molecule has 0 bridgehead atoms. The van der Waals surface area contributed by atoms with Gasteiger partial charge >= 0.3 is 0 Å². The van der Waals surface area contributed by atoms with Gasteiger partial charge in [0.25, 0.3) is 5.91 Å². The summed E-state index contributed by atoms with van der Waals surface area (Å²) in [6, 6.07) is 3.55. The van der Waals surface area contributed by atoms with Gasteiger partial charge in [-0.25, -0.2) is 0 Å². The molecule has 0 aliphatic carbocycles. The molecule has 1 aliphatic rings. The molecule has 1 aromatic carbocycles. The summed E-state index contributed by atoms with van der Waals surface area (Å²) < 4.78 is 11.4. The van der Waals surface area contributed by atoms with Crippen molar-refractivity contribution in [3.8, 4) is 11.5 Å². The van der Waals surface area contributed by atoms with Crippen molar-refractivity contribution in [2.45, 2.75) is 46.1 Å². The van der Waals surface area contributed by atoms with Crippen LogP contribution in [0.3, 0.4) is 0 Å². The number of benzene rings is 1. The smallest absolute Gasteiger partial charge is 0.251 e. The first-order chi connectivity index (χ1) is 12.1. The summed E-state index contributed by atoms with van der Waals surface area (Å²) in [6.45, 7) is 9.03. The lowest BCUT2D eigenvalue weighted by Crippen LogP contribution is -2.48. The van der Waals surface area contributed by atoms with Crippen molar-refractivity contribution in [3.05, 3.63) is 22.7 Å². The Labute approximate surface area is 167 Å². The van der Waals surface area contributed by atoms with E-state index in [4.69, 9.17) is 21.1 Å². The van der Waals surface area contributed by atoms with E-state index >= 15 is 0 Å². The average molecular weight is 405 g/mol. The molecule has 1 amide bonds. The quantitative estimate of drug-likeness (QED) is 0.641. The standard InChI is InChI=1S/C19H29ClN2O3.ClH/c1-4-6-9-25-18-15(20)10-14(11-17(18)24-5-2)19(23)22-16-7-8-21-12-13(16)3;/h10-11,13,16,21H,4-9,12H2,1-3H3,(H,22,23);1H. The summed E-state index contributed by atoms with van der Waals surface area (Å²) in [5.41, 5.74) is 0.502. The van der Waals surface area contributed by atoms with Gasteiger partial charge in [-0.15, -0.1) is 12.4 Å².